The average Bonchev–Trinajstić information content (AvgIpc) is 2.55. The predicted octanol–water partition coefficient (Wildman–Crippen LogP) is 2.73. The SMILES string of the molecule is COc1ccccc1NC(=O)CCNC(=O)c1ccc(F)cc1F. The van der Waals surface area contributed by atoms with Crippen molar-refractivity contribution in [1.29, 1.82) is 0 Å². The Morgan fingerprint density at radius 2 is 1.88 bits per heavy atom. The minimum atomic E-state index is -0.953. The van der Waals surface area contributed by atoms with E-state index in [2.05, 4.69) is 10.6 Å². The number of carbonyl (C=O) groups is 2. The zero-order chi connectivity index (χ0) is 17.5. The van der Waals surface area contributed by atoms with Crippen LogP contribution in [0, 0.1) is 11.6 Å². The highest BCUT2D eigenvalue weighted by Gasteiger charge is 2.13. The van der Waals surface area contributed by atoms with E-state index < -0.39 is 17.5 Å². The number of amides is 2. The van der Waals surface area contributed by atoms with Crippen molar-refractivity contribution >= 4 is 17.5 Å². The van der Waals surface area contributed by atoms with Crippen LogP contribution in [0.2, 0.25) is 0 Å². The number of hydrogen-bond donors (Lipinski definition) is 2. The van der Waals surface area contributed by atoms with E-state index >= 15 is 0 Å². The number of nitrogens with one attached hydrogen (secondary N) is 2. The lowest BCUT2D eigenvalue weighted by molar-refractivity contribution is -0.116. The fraction of sp³-hybridized carbons (Fsp3) is 0.176. The normalized spacial score (nSPS) is 10.1. The van der Waals surface area contributed by atoms with Crippen molar-refractivity contribution in [2.24, 2.45) is 0 Å². The number of methoxy groups -OCH3 is 1. The lowest BCUT2D eigenvalue weighted by atomic mass is 10.2. The lowest BCUT2D eigenvalue weighted by Gasteiger charge is -2.10. The Kier molecular flexibility index (Phi) is 5.83. The Labute approximate surface area is 137 Å². The third kappa shape index (κ3) is 4.52. The van der Waals surface area contributed by atoms with Crippen molar-refractivity contribution < 1.29 is 23.1 Å². The summed E-state index contributed by atoms with van der Waals surface area (Å²) in [6.07, 6.45) is -0.00734. The maximum atomic E-state index is 13.5. The molecule has 24 heavy (non-hydrogen) atoms. The zero-order valence-corrected chi connectivity index (χ0v) is 12.9. The fourth-order valence-electron chi connectivity index (χ4n) is 2.02. The van der Waals surface area contributed by atoms with Gasteiger partial charge in [-0.3, -0.25) is 9.59 Å². The molecule has 2 aromatic carbocycles. The second-order valence-corrected chi connectivity index (χ2v) is 4.88. The van der Waals surface area contributed by atoms with Gasteiger partial charge in [0.05, 0.1) is 18.4 Å². The highest BCUT2D eigenvalue weighted by Crippen LogP contribution is 2.22. The molecule has 0 aliphatic carbocycles. The van der Waals surface area contributed by atoms with Crippen LogP contribution in [-0.4, -0.2) is 25.5 Å². The van der Waals surface area contributed by atoms with E-state index in [1.807, 2.05) is 0 Å². The second kappa shape index (κ2) is 8.05. The van der Waals surface area contributed by atoms with Crippen molar-refractivity contribution in [1.82, 2.24) is 5.32 Å². The summed E-state index contributed by atoms with van der Waals surface area (Å²) in [6, 6.07) is 9.58. The summed E-state index contributed by atoms with van der Waals surface area (Å²) >= 11 is 0. The Bertz CT molecular complexity index is 750. The van der Waals surface area contributed by atoms with Crippen molar-refractivity contribution in [3.8, 4) is 5.75 Å². The molecule has 126 valence electrons. The number of para-hydroxylation sites is 2. The van der Waals surface area contributed by atoms with Gasteiger partial charge < -0.3 is 15.4 Å². The Morgan fingerprint density at radius 1 is 1.12 bits per heavy atom. The first-order valence-electron chi connectivity index (χ1n) is 7.17. The Hall–Kier alpha value is -2.96. The molecule has 0 bridgehead atoms. The number of benzene rings is 2. The predicted molar refractivity (Wildman–Crippen MR) is 84.9 cm³/mol. The number of carbonyl (C=O) groups excluding carboxylic acids is 2. The molecule has 0 saturated carbocycles. The third-order valence-electron chi connectivity index (χ3n) is 3.19. The second-order valence-electron chi connectivity index (χ2n) is 4.88. The fourth-order valence-corrected chi connectivity index (χ4v) is 2.02. The van der Waals surface area contributed by atoms with Crippen molar-refractivity contribution in [3.63, 3.8) is 0 Å². The molecule has 0 atom stereocenters. The standard InChI is InChI=1S/C17H16F2N2O3/c1-24-15-5-3-2-4-14(15)21-16(22)8-9-20-17(23)12-7-6-11(18)10-13(12)19/h2-7,10H,8-9H2,1H3,(H,20,23)(H,21,22). The van der Waals surface area contributed by atoms with E-state index in [-0.39, 0.29) is 24.4 Å². The van der Waals surface area contributed by atoms with Gasteiger partial charge in [-0.1, -0.05) is 12.1 Å². The third-order valence-corrected chi connectivity index (χ3v) is 3.19. The van der Waals surface area contributed by atoms with Gasteiger partial charge in [-0.05, 0) is 24.3 Å². The molecular weight excluding hydrogens is 318 g/mol. The van der Waals surface area contributed by atoms with Gasteiger partial charge in [0.25, 0.3) is 5.91 Å². The maximum Gasteiger partial charge on any atom is 0.254 e. The van der Waals surface area contributed by atoms with Crippen molar-refractivity contribution in [2.45, 2.75) is 6.42 Å². The van der Waals surface area contributed by atoms with Crippen molar-refractivity contribution in [2.75, 3.05) is 19.0 Å². The van der Waals surface area contributed by atoms with Gasteiger partial charge in [0.1, 0.15) is 17.4 Å². The van der Waals surface area contributed by atoms with Gasteiger partial charge >= 0.3 is 0 Å². The summed E-state index contributed by atoms with van der Waals surface area (Å²) in [4.78, 5) is 23.7. The molecule has 5 nitrogen and oxygen atoms in total. The zero-order valence-electron chi connectivity index (χ0n) is 12.9. The molecule has 0 aliphatic heterocycles. The van der Waals surface area contributed by atoms with Crippen LogP contribution in [-0.2, 0) is 4.79 Å². The van der Waals surface area contributed by atoms with E-state index in [4.69, 9.17) is 4.74 Å². The number of halogens is 2. The number of anilines is 1. The van der Waals surface area contributed by atoms with E-state index in [0.717, 1.165) is 12.1 Å². The first-order valence-corrected chi connectivity index (χ1v) is 7.17. The first-order chi connectivity index (χ1) is 11.5. The van der Waals surface area contributed by atoms with Gasteiger partial charge in [-0.25, -0.2) is 8.78 Å². The van der Waals surface area contributed by atoms with Gasteiger partial charge in [0.15, 0.2) is 0 Å². The molecular formula is C17H16F2N2O3. The quantitative estimate of drug-likeness (QED) is 0.853. The molecule has 0 radical (unpaired) electrons. The number of hydrogen-bond acceptors (Lipinski definition) is 3. The molecule has 2 N–H and O–H groups in total. The highest BCUT2D eigenvalue weighted by molar-refractivity contribution is 5.95. The van der Waals surface area contributed by atoms with Crippen LogP contribution in [0.15, 0.2) is 42.5 Å². The maximum absolute atomic E-state index is 13.5. The average molecular weight is 334 g/mol. The Balaban J connectivity index is 1.85. The Morgan fingerprint density at radius 3 is 2.58 bits per heavy atom. The van der Waals surface area contributed by atoms with Gasteiger partial charge in [-0.15, -0.1) is 0 Å². The molecule has 2 amide bonds. The number of rotatable bonds is 6. The summed E-state index contributed by atoms with van der Waals surface area (Å²) in [6.45, 7) is 0.0105. The van der Waals surface area contributed by atoms with Crippen LogP contribution in [0.1, 0.15) is 16.8 Å². The van der Waals surface area contributed by atoms with Crippen LogP contribution in [0.3, 0.4) is 0 Å². The summed E-state index contributed by atoms with van der Waals surface area (Å²) in [5, 5.41) is 5.07. The van der Waals surface area contributed by atoms with E-state index in [1.54, 1.807) is 24.3 Å². The molecule has 0 fully saturated rings. The van der Waals surface area contributed by atoms with Crippen LogP contribution in [0.25, 0.3) is 0 Å². The minimum Gasteiger partial charge on any atom is -0.495 e. The molecule has 0 spiro atoms. The minimum absolute atomic E-state index is 0.00734. The van der Waals surface area contributed by atoms with E-state index in [9.17, 15) is 18.4 Å². The van der Waals surface area contributed by atoms with E-state index in [1.165, 1.54) is 7.11 Å². The van der Waals surface area contributed by atoms with Crippen molar-refractivity contribution in [3.05, 3.63) is 59.7 Å². The molecule has 0 saturated heterocycles. The topological polar surface area (TPSA) is 67.4 Å². The molecule has 0 heterocycles. The molecule has 0 unspecified atom stereocenters. The summed E-state index contributed by atoms with van der Waals surface area (Å²) in [5.41, 5.74) is 0.238. The summed E-state index contributed by atoms with van der Waals surface area (Å²) in [5.74, 6) is -2.24. The van der Waals surface area contributed by atoms with Crippen LogP contribution in [0.4, 0.5) is 14.5 Å². The van der Waals surface area contributed by atoms with Crippen LogP contribution in [0.5, 0.6) is 5.75 Å². The summed E-state index contributed by atoms with van der Waals surface area (Å²) < 4.78 is 31.4. The molecule has 2 rings (SSSR count). The molecule has 2 aromatic rings. The monoisotopic (exact) mass is 334 g/mol. The molecule has 0 aliphatic rings. The van der Waals surface area contributed by atoms with E-state index in [0.29, 0.717) is 17.5 Å². The van der Waals surface area contributed by atoms with Gasteiger partial charge in [0, 0.05) is 19.0 Å². The molecule has 0 aromatic heterocycles. The largest absolute Gasteiger partial charge is 0.495 e. The summed E-state index contributed by atoms with van der Waals surface area (Å²) in [7, 11) is 1.49. The van der Waals surface area contributed by atoms with Crippen LogP contribution < -0.4 is 15.4 Å². The van der Waals surface area contributed by atoms with Crippen LogP contribution >= 0.6 is 0 Å². The highest BCUT2D eigenvalue weighted by atomic mass is 19.1. The lowest BCUT2D eigenvalue weighted by Crippen LogP contribution is -2.28. The molecule has 7 heteroatoms. The smallest absolute Gasteiger partial charge is 0.254 e. The van der Waals surface area contributed by atoms with Gasteiger partial charge in [0.2, 0.25) is 5.91 Å². The number of ether oxygens (including phenoxy) is 1. The van der Waals surface area contributed by atoms with Gasteiger partial charge in [-0.2, -0.15) is 0 Å². The first kappa shape index (κ1) is 17.4.